The zero-order chi connectivity index (χ0) is 14.2. The third-order valence-corrected chi connectivity index (χ3v) is 5.01. The van der Waals surface area contributed by atoms with Crippen molar-refractivity contribution in [3.63, 3.8) is 0 Å². The van der Waals surface area contributed by atoms with Gasteiger partial charge in [-0.15, -0.1) is 0 Å². The Balaban J connectivity index is 1.37. The van der Waals surface area contributed by atoms with Crippen LogP contribution in [-0.2, 0) is 6.54 Å². The van der Waals surface area contributed by atoms with Crippen LogP contribution in [-0.4, -0.2) is 48.1 Å². The van der Waals surface area contributed by atoms with Gasteiger partial charge in [0.25, 0.3) is 0 Å². The van der Waals surface area contributed by atoms with Gasteiger partial charge in [0.15, 0.2) is 0 Å². The summed E-state index contributed by atoms with van der Waals surface area (Å²) < 4.78 is 0. The fourth-order valence-electron chi connectivity index (χ4n) is 3.09. The molecule has 2 heterocycles. The van der Waals surface area contributed by atoms with E-state index in [0.717, 1.165) is 55.6 Å². The highest BCUT2D eigenvalue weighted by atomic mass is 35.5. The first-order valence-electron chi connectivity index (χ1n) is 8.16. The third-order valence-electron chi connectivity index (χ3n) is 4.73. The summed E-state index contributed by atoms with van der Waals surface area (Å²) in [5.41, 5.74) is 1.19. The molecule has 1 aliphatic heterocycles. The lowest BCUT2D eigenvalue weighted by molar-refractivity contribution is 0.247. The van der Waals surface area contributed by atoms with Crippen LogP contribution < -0.4 is 10.2 Å². The predicted octanol–water partition coefficient (Wildman–Crippen LogP) is 2.27. The molecular formula is C16H23ClN4. The van der Waals surface area contributed by atoms with Gasteiger partial charge in [0.1, 0.15) is 5.82 Å². The standard InChI is InChI=1S/C16H23ClN4/c17-15-9-12(10-18-13-1-2-13)11-19-16(15)21-7-5-20(6-8-21)14-3-4-14/h9,11,13-14,18H,1-8,10H2. The molecule has 0 unspecified atom stereocenters. The summed E-state index contributed by atoms with van der Waals surface area (Å²) in [5.74, 6) is 0.960. The van der Waals surface area contributed by atoms with Gasteiger partial charge in [-0.2, -0.15) is 0 Å². The predicted molar refractivity (Wildman–Crippen MR) is 85.9 cm³/mol. The van der Waals surface area contributed by atoms with Crippen LogP contribution in [0.15, 0.2) is 12.3 Å². The van der Waals surface area contributed by atoms with Crippen molar-refractivity contribution >= 4 is 17.4 Å². The lowest BCUT2D eigenvalue weighted by atomic mass is 10.2. The van der Waals surface area contributed by atoms with Crippen molar-refractivity contribution in [3.8, 4) is 0 Å². The Bertz CT molecular complexity index is 505. The van der Waals surface area contributed by atoms with E-state index in [4.69, 9.17) is 11.6 Å². The second kappa shape index (κ2) is 5.75. The number of hydrogen-bond acceptors (Lipinski definition) is 4. The number of halogens is 1. The Labute approximate surface area is 131 Å². The van der Waals surface area contributed by atoms with E-state index in [1.165, 1.54) is 31.2 Å². The van der Waals surface area contributed by atoms with Gasteiger partial charge in [-0.3, -0.25) is 4.90 Å². The van der Waals surface area contributed by atoms with Crippen molar-refractivity contribution in [3.05, 3.63) is 22.8 Å². The summed E-state index contributed by atoms with van der Waals surface area (Å²) in [5, 5.41) is 4.30. The van der Waals surface area contributed by atoms with Crippen LogP contribution in [0.3, 0.4) is 0 Å². The molecule has 4 rings (SSSR count). The topological polar surface area (TPSA) is 31.4 Å². The Morgan fingerprint density at radius 2 is 1.90 bits per heavy atom. The average Bonchev–Trinajstić information content (AvgIpc) is 3.39. The van der Waals surface area contributed by atoms with E-state index in [1.54, 1.807) is 0 Å². The van der Waals surface area contributed by atoms with E-state index in [2.05, 4.69) is 26.2 Å². The van der Waals surface area contributed by atoms with E-state index >= 15 is 0 Å². The highest BCUT2D eigenvalue weighted by Gasteiger charge is 2.31. The number of piperazine rings is 1. The second-order valence-electron chi connectivity index (χ2n) is 6.56. The fourth-order valence-corrected chi connectivity index (χ4v) is 3.40. The quantitative estimate of drug-likeness (QED) is 0.904. The summed E-state index contributed by atoms with van der Waals surface area (Å²) in [6.07, 6.45) is 7.38. The first-order valence-corrected chi connectivity index (χ1v) is 8.54. The Kier molecular flexibility index (Phi) is 3.78. The summed E-state index contributed by atoms with van der Waals surface area (Å²) in [4.78, 5) is 9.56. The second-order valence-corrected chi connectivity index (χ2v) is 6.97. The van der Waals surface area contributed by atoms with Gasteiger partial charge in [-0.05, 0) is 37.3 Å². The maximum atomic E-state index is 6.46. The number of nitrogens with one attached hydrogen (secondary N) is 1. The number of nitrogens with zero attached hydrogens (tertiary/aromatic N) is 3. The summed E-state index contributed by atoms with van der Waals surface area (Å²) in [7, 11) is 0. The van der Waals surface area contributed by atoms with Crippen molar-refractivity contribution in [1.82, 2.24) is 15.2 Å². The van der Waals surface area contributed by atoms with Crippen molar-refractivity contribution in [2.75, 3.05) is 31.1 Å². The largest absolute Gasteiger partial charge is 0.353 e. The van der Waals surface area contributed by atoms with Crippen molar-refractivity contribution in [2.45, 2.75) is 44.3 Å². The molecule has 5 heteroatoms. The van der Waals surface area contributed by atoms with Crippen LogP contribution in [0, 0.1) is 0 Å². The molecule has 3 fully saturated rings. The monoisotopic (exact) mass is 306 g/mol. The number of rotatable bonds is 5. The van der Waals surface area contributed by atoms with E-state index in [0.29, 0.717) is 0 Å². The van der Waals surface area contributed by atoms with E-state index in [9.17, 15) is 0 Å². The lowest BCUT2D eigenvalue weighted by Crippen LogP contribution is -2.47. The molecule has 21 heavy (non-hydrogen) atoms. The smallest absolute Gasteiger partial charge is 0.147 e. The number of pyridine rings is 1. The molecule has 1 N–H and O–H groups in total. The van der Waals surface area contributed by atoms with Crippen LogP contribution in [0.25, 0.3) is 0 Å². The molecule has 1 aromatic rings. The molecule has 3 aliphatic rings. The molecule has 1 saturated heterocycles. The molecule has 2 aliphatic carbocycles. The zero-order valence-electron chi connectivity index (χ0n) is 12.4. The Morgan fingerprint density at radius 1 is 1.14 bits per heavy atom. The van der Waals surface area contributed by atoms with Gasteiger partial charge in [0.05, 0.1) is 5.02 Å². The van der Waals surface area contributed by atoms with Crippen LogP contribution in [0.5, 0.6) is 0 Å². The van der Waals surface area contributed by atoms with Gasteiger partial charge >= 0.3 is 0 Å². The molecule has 0 spiro atoms. The average molecular weight is 307 g/mol. The Hall–Kier alpha value is -0.840. The van der Waals surface area contributed by atoms with Gasteiger partial charge in [0.2, 0.25) is 0 Å². The molecule has 0 atom stereocenters. The van der Waals surface area contributed by atoms with Crippen molar-refractivity contribution in [1.29, 1.82) is 0 Å². The highest BCUT2D eigenvalue weighted by molar-refractivity contribution is 6.33. The molecule has 114 valence electrons. The molecule has 0 radical (unpaired) electrons. The van der Waals surface area contributed by atoms with E-state index in [1.807, 2.05) is 6.20 Å². The first-order chi connectivity index (χ1) is 10.3. The van der Waals surface area contributed by atoms with Crippen LogP contribution in [0.4, 0.5) is 5.82 Å². The summed E-state index contributed by atoms with van der Waals surface area (Å²) in [6, 6.07) is 3.66. The zero-order valence-corrected chi connectivity index (χ0v) is 13.1. The molecular weight excluding hydrogens is 284 g/mol. The molecule has 0 amide bonds. The first kappa shape index (κ1) is 13.8. The van der Waals surface area contributed by atoms with Gasteiger partial charge in [-0.1, -0.05) is 11.6 Å². The fraction of sp³-hybridized carbons (Fsp3) is 0.688. The SMILES string of the molecule is Clc1cc(CNC2CC2)cnc1N1CCN(C2CC2)CC1. The summed E-state index contributed by atoms with van der Waals surface area (Å²) >= 11 is 6.46. The highest BCUT2D eigenvalue weighted by Crippen LogP contribution is 2.30. The molecule has 0 aromatic carbocycles. The van der Waals surface area contributed by atoms with Gasteiger partial charge < -0.3 is 10.2 Å². The van der Waals surface area contributed by atoms with Crippen LogP contribution in [0.1, 0.15) is 31.2 Å². The maximum absolute atomic E-state index is 6.46. The summed E-state index contributed by atoms with van der Waals surface area (Å²) in [6.45, 7) is 5.26. The van der Waals surface area contributed by atoms with Crippen LogP contribution in [0.2, 0.25) is 5.02 Å². The third kappa shape index (κ3) is 3.33. The van der Waals surface area contributed by atoms with Gasteiger partial charge in [-0.25, -0.2) is 4.98 Å². The molecule has 0 bridgehead atoms. The normalized spacial score (nSPS) is 23.6. The molecule has 4 nitrogen and oxygen atoms in total. The van der Waals surface area contributed by atoms with Crippen LogP contribution >= 0.6 is 11.6 Å². The van der Waals surface area contributed by atoms with Gasteiger partial charge in [0, 0.05) is 51.0 Å². The van der Waals surface area contributed by atoms with Crippen molar-refractivity contribution < 1.29 is 0 Å². The number of anilines is 1. The Morgan fingerprint density at radius 3 is 2.52 bits per heavy atom. The molecule has 1 aromatic heterocycles. The van der Waals surface area contributed by atoms with E-state index < -0.39 is 0 Å². The number of aromatic nitrogens is 1. The molecule has 2 saturated carbocycles. The number of hydrogen-bond donors (Lipinski definition) is 1. The van der Waals surface area contributed by atoms with E-state index in [-0.39, 0.29) is 0 Å². The minimum absolute atomic E-state index is 0.721. The lowest BCUT2D eigenvalue weighted by Gasteiger charge is -2.35. The maximum Gasteiger partial charge on any atom is 0.147 e. The minimum Gasteiger partial charge on any atom is -0.353 e. The van der Waals surface area contributed by atoms with Crippen molar-refractivity contribution in [2.24, 2.45) is 0 Å². The minimum atomic E-state index is 0.721.